The first kappa shape index (κ1) is 15.6. The maximum Gasteiger partial charge on any atom is 0.233 e. The minimum atomic E-state index is -3.44. The third-order valence-electron chi connectivity index (χ3n) is 4.63. The Hall–Kier alpha value is 0.200. The van der Waals surface area contributed by atoms with Crippen molar-refractivity contribution >= 4 is 19.7 Å². The highest BCUT2D eigenvalue weighted by molar-refractivity contribution is 8.13. The van der Waals surface area contributed by atoms with Crippen molar-refractivity contribution in [2.45, 2.75) is 57.8 Å². The van der Waals surface area contributed by atoms with Crippen LogP contribution in [0.15, 0.2) is 0 Å². The highest BCUT2D eigenvalue weighted by Crippen LogP contribution is 2.39. The lowest BCUT2D eigenvalue weighted by molar-refractivity contribution is 0.0173. The molecule has 0 heterocycles. The number of rotatable bonds is 6. The van der Waals surface area contributed by atoms with Gasteiger partial charge in [0.25, 0.3) is 0 Å². The molecule has 2 saturated carbocycles. The van der Waals surface area contributed by atoms with E-state index in [1.807, 2.05) is 0 Å². The van der Waals surface area contributed by atoms with Crippen molar-refractivity contribution < 1.29 is 13.2 Å². The van der Waals surface area contributed by atoms with Gasteiger partial charge in [-0.1, -0.05) is 32.1 Å². The minimum Gasteiger partial charge on any atom is -0.381 e. The van der Waals surface area contributed by atoms with E-state index in [-0.39, 0.29) is 11.2 Å². The normalized spacial score (nSPS) is 24.7. The Balaban J connectivity index is 1.85. The first-order valence-electron chi connectivity index (χ1n) is 7.49. The number of ether oxygens (including phenoxy) is 1. The van der Waals surface area contributed by atoms with Crippen LogP contribution in [0.5, 0.6) is 0 Å². The molecule has 5 heteroatoms. The van der Waals surface area contributed by atoms with Gasteiger partial charge in [0.1, 0.15) is 0 Å². The van der Waals surface area contributed by atoms with E-state index in [1.165, 1.54) is 32.1 Å². The van der Waals surface area contributed by atoms with E-state index in [4.69, 9.17) is 15.4 Å². The molecule has 0 aliphatic heterocycles. The molecule has 3 nitrogen and oxygen atoms in total. The average molecular weight is 309 g/mol. The molecule has 0 atom stereocenters. The van der Waals surface area contributed by atoms with Gasteiger partial charge in [0, 0.05) is 22.7 Å². The fraction of sp³-hybridized carbons (Fsp3) is 1.00. The van der Waals surface area contributed by atoms with Gasteiger partial charge in [-0.05, 0) is 31.6 Å². The molecule has 112 valence electrons. The highest BCUT2D eigenvalue weighted by Gasteiger charge is 2.36. The largest absolute Gasteiger partial charge is 0.381 e. The van der Waals surface area contributed by atoms with Gasteiger partial charge in [-0.2, -0.15) is 0 Å². The summed E-state index contributed by atoms with van der Waals surface area (Å²) < 4.78 is 28.8. The SMILES string of the molecule is O=S(=O)(Cl)CC1(COCC2CCCC2)CCCCC1. The van der Waals surface area contributed by atoms with Gasteiger partial charge in [-0.15, -0.1) is 0 Å². The molecule has 0 saturated heterocycles. The molecule has 0 N–H and O–H groups in total. The molecule has 0 spiro atoms. The van der Waals surface area contributed by atoms with Crippen LogP contribution < -0.4 is 0 Å². The molecule has 2 rings (SSSR count). The predicted octanol–water partition coefficient (Wildman–Crippen LogP) is 3.71. The van der Waals surface area contributed by atoms with Crippen molar-refractivity contribution in [2.24, 2.45) is 11.3 Å². The van der Waals surface area contributed by atoms with Crippen LogP contribution in [0.1, 0.15) is 57.8 Å². The molecule has 2 aliphatic rings. The van der Waals surface area contributed by atoms with E-state index in [2.05, 4.69) is 0 Å². The van der Waals surface area contributed by atoms with Crippen molar-refractivity contribution in [3.8, 4) is 0 Å². The van der Waals surface area contributed by atoms with E-state index < -0.39 is 9.05 Å². The lowest BCUT2D eigenvalue weighted by Gasteiger charge is -2.36. The Labute approximate surface area is 121 Å². The molecule has 19 heavy (non-hydrogen) atoms. The lowest BCUT2D eigenvalue weighted by Crippen LogP contribution is -2.36. The fourth-order valence-corrected chi connectivity index (χ4v) is 5.41. The molecule has 2 aliphatic carbocycles. The number of hydrogen-bond acceptors (Lipinski definition) is 3. The molecule has 0 unspecified atom stereocenters. The molecule has 0 bridgehead atoms. The van der Waals surface area contributed by atoms with Crippen LogP contribution in [-0.4, -0.2) is 27.4 Å². The first-order valence-corrected chi connectivity index (χ1v) is 9.97. The van der Waals surface area contributed by atoms with E-state index in [1.54, 1.807) is 0 Å². The summed E-state index contributed by atoms with van der Waals surface area (Å²) in [7, 11) is 2.04. The second kappa shape index (κ2) is 6.77. The first-order chi connectivity index (χ1) is 8.99. The Bertz CT molecular complexity index is 368. The van der Waals surface area contributed by atoms with Crippen LogP contribution in [-0.2, 0) is 13.8 Å². The van der Waals surface area contributed by atoms with E-state index in [9.17, 15) is 8.42 Å². The molecular weight excluding hydrogens is 284 g/mol. The Morgan fingerprint density at radius 2 is 1.68 bits per heavy atom. The molecule has 0 amide bonds. The van der Waals surface area contributed by atoms with Gasteiger partial charge < -0.3 is 4.74 Å². The van der Waals surface area contributed by atoms with Crippen LogP contribution in [0.3, 0.4) is 0 Å². The molecule has 0 radical (unpaired) electrons. The zero-order valence-electron chi connectivity index (χ0n) is 11.6. The number of hydrogen-bond donors (Lipinski definition) is 0. The van der Waals surface area contributed by atoms with Gasteiger partial charge in [-0.3, -0.25) is 0 Å². The van der Waals surface area contributed by atoms with Crippen molar-refractivity contribution in [3.05, 3.63) is 0 Å². The summed E-state index contributed by atoms with van der Waals surface area (Å²) in [4.78, 5) is 0. The van der Waals surface area contributed by atoms with Crippen LogP contribution in [0.2, 0.25) is 0 Å². The molecule has 0 aromatic heterocycles. The standard InChI is InChI=1S/C14H25ClO3S/c15-19(16,17)12-14(8-4-1-5-9-14)11-18-10-13-6-2-3-7-13/h13H,1-12H2. The summed E-state index contributed by atoms with van der Waals surface area (Å²) in [5.41, 5.74) is -0.225. The predicted molar refractivity (Wildman–Crippen MR) is 77.9 cm³/mol. The summed E-state index contributed by atoms with van der Waals surface area (Å²) in [5, 5.41) is 0. The third-order valence-corrected chi connectivity index (χ3v) is 5.91. The van der Waals surface area contributed by atoms with Gasteiger partial charge in [-0.25, -0.2) is 8.42 Å². The average Bonchev–Trinajstić information content (AvgIpc) is 2.81. The quantitative estimate of drug-likeness (QED) is 0.703. The molecule has 2 fully saturated rings. The molecule has 0 aromatic rings. The second-order valence-electron chi connectivity index (χ2n) is 6.41. The Kier molecular flexibility index (Phi) is 5.55. The summed E-state index contributed by atoms with van der Waals surface area (Å²) in [5.74, 6) is 0.764. The van der Waals surface area contributed by atoms with E-state index >= 15 is 0 Å². The van der Waals surface area contributed by atoms with Gasteiger partial charge in [0.15, 0.2) is 0 Å². The maximum atomic E-state index is 11.4. The monoisotopic (exact) mass is 308 g/mol. The minimum absolute atomic E-state index is 0.0756. The van der Waals surface area contributed by atoms with Crippen molar-refractivity contribution in [1.29, 1.82) is 0 Å². The van der Waals surface area contributed by atoms with Crippen LogP contribution in [0.4, 0.5) is 0 Å². The van der Waals surface area contributed by atoms with E-state index in [0.29, 0.717) is 12.5 Å². The lowest BCUT2D eigenvalue weighted by atomic mass is 9.76. The van der Waals surface area contributed by atoms with Crippen molar-refractivity contribution in [2.75, 3.05) is 19.0 Å². The summed E-state index contributed by atoms with van der Waals surface area (Å²) >= 11 is 0. The molecule has 0 aromatic carbocycles. The van der Waals surface area contributed by atoms with Crippen LogP contribution in [0.25, 0.3) is 0 Å². The maximum absolute atomic E-state index is 11.4. The fourth-order valence-electron chi connectivity index (χ4n) is 3.62. The van der Waals surface area contributed by atoms with Crippen LogP contribution in [0, 0.1) is 11.3 Å². The zero-order chi connectivity index (χ0) is 13.8. The van der Waals surface area contributed by atoms with Crippen LogP contribution >= 0.6 is 10.7 Å². The Morgan fingerprint density at radius 3 is 2.26 bits per heavy atom. The van der Waals surface area contributed by atoms with Crippen molar-refractivity contribution in [3.63, 3.8) is 0 Å². The number of halogens is 1. The zero-order valence-corrected chi connectivity index (χ0v) is 13.1. The Morgan fingerprint density at radius 1 is 1.05 bits per heavy atom. The van der Waals surface area contributed by atoms with Gasteiger partial charge in [0.05, 0.1) is 12.4 Å². The van der Waals surface area contributed by atoms with Crippen molar-refractivity contribution in [1.82, 2.24) is 0 Å². The third kappa shape index (κ3) is 5.24. The summed E-state index contributed by atoms with van der Waals surface area (Å²) in [6.07, 6.45) is 10.4. The summed E-state index contributed by atoms with van der Waals surface area (Å²) in [6, 6.07) is 0. The highest BCUT2D eigenvalue weighted by atomic mass is 35.7. The summed E-state index contributed by atoms with van der Waals surface area (Å²) in [6.45, 7) is 1.36. The smallest absolute Gasteiger partial charge is 0.233 e. The molecular formula is C14H25ClO3S. The van der Waals surface area contributed by atoms with E-state index in [0.717, 1.165) is 32.3 Å². The van der Waals surface area contributed by atoms with Gasteiger partial charge >= 0.3 is 0 Å². The van der Waals surface area contributed by atoms with Gasteiger partial charge in [0.2, 0.25) is 9.05 Å². The topological polar surface area (TPSA) is 43.4 Å². The second-order valence-corrected chi connectivity index (χ2v) is 9.19.